The van der Waals surface area contributed by atoms with Crippen LogP contribution in [0.15, 0.2) is 71.6 Å². The number of hydrogen-bond donors (Lipinski definition) is 2. The van der Waals surface area contributed by atoms with Crippen molar-refractivity contribution in [1.82, 2.24) is 5.32 Å². The van der Waals surface area contributed by atoms with E-state index in [1.165, 1.54) is 30.3 Å². The highest BCUT2D eigenvalue weighted by molar-refractivity contribution is 7.92. The second-order valence-electron chi connectivity index (χ2n) is 7.08. The van der Waals surface area contributed by atoms with Crippen LogP contribution in [-0.4, -0.2) is 21.4 Å². The average molecular weight is 459 g/mol. The standard InChI is InChI=1S/C23H23ClN2O4S/c1-15-4-11-20(12-5-15)31(28,29)26-18-8-13-21(22(24)14-18)23(27)25-16(2)17-6-9-19(30-3)10-7-17/h4-14,16,26H,1-3H3,(H,25,27)/t16-/m1/s1. The minimum atomic E-state index is -3.76. The molecule has 0 heterocycles. The summed E-state index contributed by atoms with van der Waals surface area (Å²) in [5.74, 6) is 0.371. The second-order valence-corrected chi connectivity index (χ2v) is 9.17. The molecular formula is C23H23ClN2O4S. The molecule has 0 aliphatic heterocycles. The molecule has 0 aliphatic carbocycles. The lowest BCUT2D eigenvalue weighted by Gasteiger charge is -2.16. The molecule has 0 aliphatic rings. The van der Waals surface area contributed by atoms with Gasteiger partial charge in [-0.1, -0.05) is 41.4 Å². The third-order valence-electron chi connectivity index (χ3n) is 4.76. The summed E-state index contributed by atoms with van der Waals surface area (Å²) in [7, 11) is -2.17. The maximum Gasteiger partial charge on any atom is 0.261 e. The number of ether oxygens (including phenoxy) is 1. The summed E-state index contributed by atoms with van der Waals surface area (Å²) in [6, 6.07) is 18.0. The maximum absolute atomic E-state index is 12.7. The van der Waals surface area contributed by atoms with Gasteiger partial charge in [0.15, 0.2) is 0 Å². The number of nitrogens with one attached hydrogen (secondary N) is 2. The number of amides is 1. The molecular weight excluding hydrogens is 436 g/mol. The van der Waals surface area contributed by atoms with Gasteiger partial charge in [-0.15, -0.1) is 0 Å². The lowest BCUT2D eigenvalue weighted by atomic mass is 10.1. The predicted molar refractivity (Wildman–Crippen MR) is 122 cm³/mol. The molecule has 0 unspecified atom stereocenters. The van der Waals surface area contributed by atoms with E-state index in [2.05, 4.69) is 10.0 Å². The quantitative estimate of drug-likeness (QED) is 0.524. The van der Waals surface area contributed by atoms with Crippen molar-refractivity contribution >= 4 is 33.2 Å². The van der Waals surface area contributed by atoms with Gasteiger partial charge in [0.2, 0.25) is 0 Å². The SMILES string of the molecule is COc1ccc([C@@H](C)NC(=O)c2ccc(NS(=O)(=O)c3ccc(C)cc3)cc2Cl)cc1. The molecule has 0 spiro atoms. The molecule has 0 saturated heterocycles. The highest BCUT2D eigenvalue weighted by atomic mass is 35.5. The van der Waals surface area contributed by atoms with Gasteiger partial charge in [-0.3, -0.25) is 9.52 Å². The Morgan fingerprint density at radius 3 is 2.23 bits per heavy atom. The van der Waals surface area contributed by atoms with Crippen molar-refractivity contribution in [3.63, 3.8) is 0 Å². The van der Waals surface area contributed by atoms with Crippen molar-refractivity contribution in [3.05, 3.63) is 88.4 Å². The molecule has 6 nitrogen and oxygen atoms in total. The van der Waals surface area contributed by atoms with Crippen LogP contribution >= 0.6 is 11.6 Å². The van der Waals surface area contributed by atoms with Crippen molar-refractivity contribution in [2.45, 2.75) is 24.8 Å². The van der Waals surface area contributed by atoms with Crippen LogP contribution in [0, 0.1) is 6.92 Å². The molecule has 0 aromatic heterocycles. The first-order valence-corrected chi connectivity index (χ1v) is 11.4. The number of rotatable bonds is 7. The molecule has 0 saturated carbocycles. The first-order chi connectivity index (χ1) is 14.7. The second kappa shape index (κ2) is 9.41. The van der Waals surface area contributed by atoms with Crippen LogP contribution < -0.4 is 14.8 Å². The number of carbonyl (C=O) groups excluding carboxylic acids is 1. The van der Waals surface area contributed by atoms with Gasteiger partial charge in [0, 0.05) is 0 Å². The molecule has 3 aromatic rings. The number of methoxy groups -OCH3 is 1. The van der Waals surface area contributed by atoms with E-state index in [1.807, 2.05) is 38.1 Å². The number of carbonyl (C=O) groups is 1. The Bertz CT molecular complexity index is 1180. The fraction of sp³-hybridized carbons (Fsp3) is 0.174. The Labute approximate surface area is 187 Å². The van der Waals surface area contributed by atoms with E-state index >= 15 is 0 Å². The number of anilines is 1. The Morgan fingerprint density at radius 2 is 1.65 bits per heavy atom. The summed E-state index contributed by atoms with van der Waals surface area (Å²) in [5.41, 5.74) is 2.39. The highest BCUT2D eigenvalue weighted by Crippen LogP contribution is 2.25. The van der Waals surface area contributed by atoms with Gasteiger partial charge >= 0.3 is 0 Å². The fourth-order valence-electron chi connectivity index (χ4n) is 2.94. The van der Waals surface area contributed by atoms with Crippen LogP contribution in [0.4, 0.5) is 5.69 Å². The van der Waals surface area contributed by atoms with Crippen LogP contribution in [0.1, 0.15) is 34.5 Å². The van der Waals surface area contributed by atoms with Crippen LogP contribution in [0.3, 0.4) is 0 Å². The maximum atomic E-state index is 12.7. The van der Waals surface area contributed by atoms with Crippen molar-refractivity contribution < 1.29 is 17.9 Å². The zero-order valence-corrected chi connectivity index (χ0v) is 18.9. The molecule has 2 N–H and O–H groups in total. The van der Waals surface area contributed by atoms with Crippen LogP contribution in [0.2, 0.25) is 5.02 Å². The molecule has 1 amide bonds. The van der Waals surface area contributed by atoms with Crippen LogP contribution in [-0.2, 0) is 10.0 Å². The minimum absolute atomic E-state index is 0.142. The Hall–Kier alpha value is -3.03. The molecule has 8 heteroatoms. The largest absolute Gasteiger partial charge is 0.497 e. The van der Waals surface area contributed by atoms with Gasteiger partial charge < -0.3 is 10.1 Å². The zero-order valence-electron chi connectivity index (χ0n) is 17.3. The van der Waals surface area contributed by atoms with Gasteiger partial charge in [-0.05, 0) is 61.9 Å². The lowest BCUT2D eigenvalue weighted by molar-refractivity contribution is 0.0940. The predicted octanol–water partition coefficient (Wildman–Crippen LogP) is 4.95. The number of aryl methyl sites for hydroxylation is 1. The van der Waals surface area contributed by atoms with E-state index in [9.17, 15) is 13.2 Å². The minimum Gasteiger partial charge on any atom is -0.497 e. The monoisotopic (exact) mass is 458 g/mol. The molecule has 31 heavy (non-hydrogen) atoms. The third kappa shape index (κ3) is 5.57. The summed E-state index contributed by atoms with van der Waals surface area (Å²) in [5, 5.41) is 3.03. The number of hydrogen-bond acceptors (Lipinski definition) is 4. The Balaban J connectivity index is 1.72. The summed E-state index contributed by atoms with van der Waals surface area (Å²) in [6.07, 6.45) is 0. The molecule has 162 valence electrons. The summed E-state index contributed by atoms with van der Waals surface area (Å²) >= 11 is 6.28. The number of halogens is 1. The van der Waals surface area contributed by atoms with E-state index in [1.54, 1.807) is 19.2 Å². The summed E-state index contributed by atoms with van der Waals surface area (Å²) < 4.78 is 32.7. The van der Waals surface area contributed by atoms with E-state index in [-0.39, 0.29) is 33.1 Å². The van der Waals surface area contributed by atoms with E-state index < -0.39 is 10.0 Å². The van der Waals surface area contributed by atoms with Crippen LogP contribution in [0.25, 0.3) is 0 Å². The highest BCUT2D eigenvalue weighted by Gasteiger charge is 2.18. The molecule has 0 bridgehead atoms. The van der Waals surface area contributed by atoms with E-state index in [4.69, 9.17) is 16.3 Å². The molecule has 0 radical (unpaired) electrons. The van der Waals surface area contributed by atoms with Gasteiger partial charge in [0.25, 0.3) is 15.9 Å². The van der Waals surface area contributed by atoms with Gasteiger partial charge in [0.05, 0.1) is 34.3 Å². The van der Waals surface area contributed by atoms with Crippen LogP contribution in [0.5, 0.6) is 5.75 Å². The zero-order chi connectivity index (χ0) is 22.6. The molecule has 3 rings (SSSR count). The molecule has 0 fully saturated rings. The third-order valence-corrected chi connectivity index (χ3v) is 6.47. The average Bonchev–Trinajstić information content (AvgIpc) is 2.73. The molecule has 1 atom stereocenters. The number of sulfonamides is 1. The summed E-state index contributed by atoms with van der Waals surface area (Å²) in [4.78, 5) is 12.8. The summed E-state index contributed by atoms with van der Waals surface area (Å²) in [6.45, 7) is 3.74. The Kier molecular flexibility index (Phi) is 6.87. The fourth-order valence-corrected chi connectivity index (χ4v) is 4.26. The van der Waals surface area contributed by atoms with Crippen molar-refractivity contribution in [2.75, 3.05) is 11.8 Å². The number of benzene rings is 3. The van der Waals surface area contributed by atoms with Gasteiger partial charge in [0.1, 0.15) is 5.75 Å². The van der Waals surface area contributed by atoms with Crippen molar-refractivity contribution in [3.8, 4) is 5.75 Å². The Morgan fingerprint density at radius 1 is 1.00 bits per heavy atom. The van der Waals surface area contributed by atoms with E-state index in [0.717, 1.165) is 16.9 Å². The first kappa shape index (κ1) is 22.7. The lowest BCUT2D eigenvalue weighted by Crippen LogP contribution is -2.27. The van der Waals surface area contributed by atoms with Gasteiger partial charge in [-0.2, -0.15) is 0 Å². The van der Waals surface area contributed by atoms with Crippen molar-refractivity contribution in [1.29, 1.82) is 0 Å². The smallest absolute Gasteiger partial charge is 0.261 e. The van der Waals surface area contributed by atoms with E-state index in [0.29, 0.717) is 0 Å². The molecule has 3 aromatic carbocycles. The van der Waals surface area contributed by atoms with Crippen molar-refractivity contribution in [2.24, 2.45) is 0 Å². The topological polar surface area (TPSA) is 84.5 Å². The first-order valence-electron chi connectivity index (χ1n) is 9.53. The normalized spacial score (nSPS) is 12.1. The van der Waals surface area contributed by atoms with Gasteiger partial charge in [-0.25, -0.2) is 8.42 Å².